The first-order valence-corrected chi connectivity index (χ1v) is 9.50. The van der Waals surface area contributed by atoms with E-state index < -0.39 is 6.49 Å². The minimum absolute atomic E-state index is 0.0206. The number of hydrogen-bond acceptors (Lipinski definition) is 6. The fourth-order valence-corrected chi connectivity index (χ4v) is 4.52. The Labute approximate surface area is 117 Å². The SMILES string of the molecule is CSc1nc(C)cc(P2(=S)OCC(C)(C)CO2)n1. The Balaban J connectivity index is 2.31. The van der Waals surface area contributed by atoms with E-state index in [1.807, 2.05) is 19.2 Å². The van der Waals surface area contributed by atoms with Gasteiger partial charge in [0.25, 0.3) is 0 Å². The van der Waals surface area contributed by atoms with Gasteiger partial charge in [-0.2, -0.15) is 0 Å². The third-order valence-corrected chi connectivity index (χ3v) is 6.00. The van der Waals surface area contributed by atoms with Gasteiger partial charge in [0.15, 0.2) is 5.16 Å². The van der Waals surface area contributed by atoms with Gasteiger partial charge in [0.05, 0.1) is 13.2 Å². The molecule has 2 rings (SSSR count). The van der Waals surface area contributed by atoms with Crippen molar-refractivity contribution < 1.29 is 9.05 Å². The second kappa shape index (κ2) is 5.17. The third-order valence-electron chi connectivity index (χ3n) is 2.53. The van der Waals surface area contributed by atoms with E-state index in [9.17, 15) is 0 Å². The Morgan fingerprint density at radius 3 is 2.50 bits per heavy atom. The summed E-state index contributed by atoms with van der Waals surface area (Å²) < 4.78 is 11.7. The van der Waals surface area contributed by atoms with Crippen LogP contribution in [-0.2, 0) is 20.9 Å². The summed E-state index contributed by atoms with van der Waals surface area (Å²) in [5, 5.41) is 0.714. The first-order chi connectivity index (χ1) is 8.35. The van der Waals surface area contributed by atoms with E-state index in [1.165, 1.54) is 11.8 Å². The van der Waals surface area contributed by atoms with Gasteiger partial charge in [0.1, 0.15) is 5.44 Å². The zero-order chi connectivity index (χ0) is 13.4. The molecule has 100 valence electrons. The summed E-state index contributed by atoms with van der Waals surface area (Å²) in [7, 11) is 0. The second-order valence-electron chi connectivity index (χ2n) is 5.06. The smallest absolute Gasteiger partial charge is 0.238 e. The molecule has 1 aromatic rings. The van der Waals surface area contributed by atoms with Crippen molar-refractivity contribution in [1.82, 2.24) is 9.97 Å². The van der Waals surface area contributed by atoms with E-state index in [0.29, 0.717) is 18.4 Å². The highest BCUT2D eigenvalue weighted by atomic mass is 32.5. The molecule has 0 amide bonds. The van der Waals surface area contributed by atoms with E-state index >= 15 is 0 Å². The van der Waals surface area contributed by atoms with Crippen molar-refractivity contribution in [1.29, 1.82) is 0 Å². The zero-order valence-electron chi connectivity index (χ0n) is 11.0. The molecular weight excluding hydrogens is 287 g/mol. The van der Waals surface area contributed by atoms with Gasteiger partial charge in [-0.05, 0) is 31.1 Å². The summed E-state index contributed by atoms with van der Waals surface area (Å²) in [5.74, 6) is 0. The van der Waals surface area contributed by atoms with Crippen LogP contribution in [0.5, 0.6) is 0 Å². The lowest BCUT2D eigenvalue weighted by atomic mass is 9.97. The molecule has 4 nitrogen and oxygen atoms in total. The number of aryl methyl sites for hydroxylation is 1. The molecular formula is C11H17N2O2PS2. The third kappa shape index (κ3) is 3.11. The molecule has 7 heteroatoms. The summed E-state index contributed by atoms with van der Waals surface area (Å²) in [6.45, 7) is 4.92. The van der Waals surface area contributed by atoms with Gasteiger partial charge in [0, 0.05) is 11.1 Å². The van der Waals surface area contributed by atoms with Gasteiger partial charge in [0.2, 0.25) is 6.49 Å². The predicted octanol–water partition coefficient (Wildman–Crippen LogP) is 2.51. The van der Waals surface area contributed by atoms with Crippen molar-refractivity contribution in [3.05, 3.63) is 11.8 Å². The summed E-state index contributed by atoms with van der Waals surface area (Å²) in [4.78, 5) is 8.76. The maximum absolute atomic E-state index is 5.83. The van der Waals surface area contributed by atoms with Crippen molar-refractivity contribution in [2.45, 2.75) is 25.9 Å². The molecule has 0 aliphatic carbocycles. The Morgan fingerprint density at radius 2 is 1.94 bits per heavy atom. The minimum atomic E-state index is -2.44. The van der Waals surface area contributed by atoms with Crippen molar-refractivity contribution in [3.63, 3.8) is 0 Å². The van der Waals surface area contributed by atoms with Gasteiger partial charge in [-0.15, -0.1) is 0 Å². The van der Waals surface area contributed by atoms with Crippen LogP contribution in [0.4, 0.5) is 0 Å². The fraction of sp³-hybridized carbons (Fsp3) is 0.636. The first-order valence-electron chi connectivity index (χ1n) is 5.64. The number of thioether (sulfide) groups is 1. The summed E-state index contributed by atoms with van der Waals surface area (Å²) in [5.41, 5.74) is 1.64. The Kier molecular flexibility index (Phi) is 4.14. The van der Waals surface area contributed by atoms with E-state index in [2.05, 4.69) is 23.8 Å². The number of rotatable bonds is 2. The highest BCUT2D eigenvalue weighted by Crippen LogP contribution is 2.52. The molecule has 0 unspecified atom stereocenters. The second-order valence-corrected chi connectivity index (χ2v) is 9.25. The van der Waals surface area contributed by atoms with Crippen molar-refractivity contribution in [2.24, 2.45) is 5.41 Å². The van der Waals surface area contributed by atoms with Crippen LogP contribution in [0.3, 0.4) is 0 Å². The standard InChI is InChI=1S/C11H17N2O2PS2/c1-8-5-9(13-10(12-8)18-4)16(17)14-6-11(2,3)7-15-16/h5H,6-7H2,1-4H3. The molecule has 0 radical (unpaired) electrons. The van der Waals surface area contributed by atoms with E-state index in [4.69, 9.17) is 20.9 Å². The molecule has 1 aliphatic rings. The lowest BCUT2D eigenvalue weighted by molar-refractivity contribution is 0.0638. The monoisotopic (exact) mass is 304 g/mol. The van der Waals surface area contributed by atoms with Crippen LogP contribution in [0, 0.1) is 12.3 Å². The molecule has 0 atom stereocenters. The summed E-state index contributed by atoms with van der Waals surface area (Å²) in [6, 6.07) is 1.87. The molecule has 1 aliphatic heterocycles. The van der Waals surface area contributed by atoms with Gasteiger partial charge in [-0.1, -0.05) is 25.6 Å². The normalized spacial score (nSPS) is 21.8. The van der Waals surface area contributed by atoms with Gasteiger partial charge < -0.3 is 9.05 Å². The average Bonchev–Trinajstić information content (AvgIpc) is 2.32. The number of hydrogen-bond donors (Lipinski definition) is 0. The molecule has 1 aromatic heterocycles. The molecule has 0 N–H and O–H groups in total. The lowest BCUT2D eigenvalue weighted by Gasteiger charge is -2.36. The molecule has 1 fully saturated rings. The summed E-state index contributed by atoms with van der Waals surface area (Å²) in [6.07, 6.45) is 1.94. The lowest BCUT2D eigenvalue weighted by Crippen LogP contribution is -2.32. The largest absolute Gasteiger partial charge is 0.324 e. The van der Waals surface area contributed by atoms with E-state index in [1.54, 1.807) is 0 Å². The van der Waals surface area contributed by atoms with Gasteiger partial charge >= 0.3 is 0 Å². The van der Waals surface area contributed by atoms with Crippen molar-refractivity contribution in [3.8, 4) is 0 Å². The van der Waals surface area contributed by atoms with Gasteiger partial charge in [-0.25, -0.2) is 9.97 Å². The fourth-order valence-electron chi connectivity index (χ4n) is 1.49. The van der Waals surface area contributed by atoms with Crippen LogP contribution in [0.25, 0.3) is 0 Å². The maximum atomic E-state index is 5.83. The van der Waals surface area contributed by atoms with E-state index in [-0.39, 0.29) is 5.41 Å². The van der Waals surface area contributed by atoms with Gasteiger partial charge in [-0.3, -0.25) is 0 Å². The Hall–Kier alpha value is -0.000000000000000111. The molecule has 0 bridgehead atoms. The molecule has 0 aromatic carbocycles. The maximum Gasteiger partial charge on any atom is 0.238 e. The summed E-state index contributed by atoms with van der Waals surface area (Å²) >= 11 is 7.05. The number of nitrogens with zero attached hydrogens (tertiary/aromatic N) is 2. The van der Waals surface area contributed by atoms with Crippen molar-refractivity contribution in [2.75, 3.05) is 19.5 Å². The van der Waals surface area contributed by atoms with E-state index in [0.717, 1.165) is 11.1 Å². The Morgan fingerprint density at radius 1 is 1.33 bits per heavy atom. The highest BCUT2D eigenvalue weighted by Gasteiger charge is 2.35. The first kappa shape index (κ1) is 14.4. The van der Waals surface area contributed by atoms with Crippen molar-refractivity contribution >= 4 is 35.5 Å². The topological polar surface area (TPSA) is 44.2 Å². The molecule has 0 saturated carbocycles. The van der Waals surface area contributed by atoms with Crippen LogP contribution in [0.15, 0.2) is 11.2 Å². The van der Waals surface area contributed by atoms with Crippen LogP contribution < -0.4 is 5.44 Å². The number of aromatic nitrogens is 2. The zero-order valence-corrected chi connectivity index (χ0v) is 13.5. The molecule has 1 saturated heterocycles. The highest BCUT2D eigenvalue weighted by molar-refractivity contribution is 8.13. The van der Waals surface area contributed by atoms with Crippen LogP contribution in [-0.4, -0.2) is 29.4 Å². The molecule has 18 heavy (non-hydrogen) atoms. The minimum Gasteiger partial charge on any atom is -0.324 e. The average molecular weight is 304 g/mol. The predicted molar refractivity (Wildman–Crippen MR) is 78.2 cm³/mol. The quantitative estimate of drug-likeness (QED) is 0.475. The molecule has 0 spiro atoms. The van der Waals surface area contributed by atoms with Crippen LogP contribution >= 0.6 is 18.3 Å². The van der Waals surface area contributed by atoms with Crippen LogP contribution in [0.1, 0.15) is 19.5 Å². The Bertz CT molecular complexity index is 494. The molecule has 2 heterocycles. The van der Waals surface area contributed by atoms with Crippen LogP contribution in [0.2, 0.25) is 0 Å².